The van der Waals surface area contributed by atoms with Crippen LogP contribution in [0.15, 0.2) is 38.0 Å². The van der Waals surface area contributed by atoms with Crippen LogP contribution in [-0.2, 0) is 0 Å². The van der Waals surface area contributed by atoms with Crippen molar-refractivity contribution < 1.29 is 0 Å². The molecule has 1 heteroatoms. The second-order valence-electron chi connectivity index (χ2n) is 3.29. The number of hydrogen-bond donors (Lipinski definition) is 0. The van der Waals surface area contributed by atoms with Crippen LogP contribution in [-0.4, -0.2) is 25.2 Å². The Morgan fingerprint density at radius 2 is 1.18 bits per heavy atom. The van der Waals surface area contributed by atoms with Crippen LogP contribution < -0.4 is 0 Å². The third-order valence-electron chi connectivity index (χ3n) is 1.91. The van der Waals surface area contributed by atoms with E-state index in [1.807, 2.05) is 18.2 Å². The van der Waals surface area contributed by atoms with Gasteiger partial charge < -0.3 is 0 Å². The van der Waals surface area contributed by atoms with Crippen molar-refractivity contribution in [1.82, 2.24) is 0 Å². The summed E-state index contributed by atoms with van der Waals surface area (Å²) < 4.78 is 0. The Balaban J connectivity index is 4.09. The van der Waals surface area contributed by atoms with Crippen molar-refractivity contribution in [2.45, 2.75) is 0 Å². The van der Waals surface area contributed by atoms with Crippen LogP contribution in [0.25, 0.3) is 0 Å². The van der Waals surface area contributed by atoms with Crippen molar-refractivity contribution in [3.63, 3.8) is 0 Å². The Morgan fingerprint density at radius 1 is 0.909 bits per heavy atom. The molecule has 0 amide bonds. The van der Waals surface area contributed by atoms with E-state index in [2.05, 4.69) is 26.4 Å². The van der Waals surface area contributed by atoms with Crippen molar-refractivity contribution >= 4 is 7.26 Å². The van der Waals surface area contributed by atoms with Crippen LogP contribution in [0.4, 0.5) is 0 Å². The van der Waals surface area contributed by atoms with Gasteiger partial charge in [0.25, 0.3) is 0 Å². The van der Waals surface area contributed by atoms with Crippen molar-refractivity contribution in [2.75, 3.05) is 25.2 Å². The molecule has 64 valence electrons. The Bertz CT molecular complexity index is 120. The zero-order valence-corrected chi connectivity index (χ0v) is 8.47. The van der Waals surface area contributed by atoms with Crippen LogP contribution >= 0.6 is 7.26 Å². The zero-order chi connectivity index (χ0) is 8.74. The van der Waals surface area contributed by atoms with E-state index in [0.717, 1.165) is 0 Å². The predicted molar refractivity (Wildman–Crippen MR) is 59.4 cm³/mol. The molecule has 0 nitrogen and oxygen atoms in total. The van der Waals surface area contributed by atoms with Gasteiger partial charge in [0.1, 0.15) is 0 Å². The van der Waals surface area contributed by atoms with Gasteiger partial charge in [-0.2, -0.15) is 0 Å². The molecule has 0 aliphatic carbocycles. The Hall–Kier alpha value is -0.350. The van der Waals surface area contributed by atoms with Crippen LogP contribution in [0.3, 0.4) is 0 Å². The summed E-state index contributed by atoms with van der Waals surface area (Å²) in [5.41, 5.74) is 0. The SMILES string of the molecule is C=CC[PH](C)(CC=C)CC=C. The van der Waals surface area contributed by atoms with Gasteiger partial charge in [-0.1, -0.05) is 0 Å². The average Bonchev–Trinajstić information content (AvgIpc) is 1.88. The van der Waals surface area contributed by atoms with Gasteiger partial charge in [0, 0.05) is 0 Å². The van der Waals surface area contributed by atoms with Crippen LogP contribution in [0.5, 0.6) is 0 Å². The molecule has 0 rings (SSSR count). The normalized spacial score (nSPS) is 12.1. The van der Waals surface area contributed by atoms with Gasteiger partial charge in [-0.05, 0) is 0 Å². The molecule has 0 heterocycles. The number of rotatable bonds is 6. The minimum atomic E-state index is -1.10. The summed E-state index contributed by atoms with van der Waals surface area (Å²) in [4.78, 5) is 0. The molecule has 0 saturated carbocycles. The summed E-state index contributed by atoms with van der Waals surface area (Å²) in [7, 11) is -1.10. The molecular weight excluding hydrogens is 151 g/mol. The summed E-state index contributed by atoms with van der Waals surface area (Å²) in [5.74, 6) is 0. The molecular formula is C10H19P. The first-order valence-corrected chi connectivity index (χ1v) is 7.13. The van der Waals surface area contributed by atoms with Crippen molar-refractivity contribution in [1.29, 1.82) is 0 Å². The molecule has 0 atom stereocenters. The van der Waals surface area contributed by atoms with Crippen LogP contribution in [0.1, 0.15) is 0 Å². The van der Waals surface area contributed by atoms with Crippen LogP contribution in [0, 0.1) is 0 Å². The fourth-order valence-electron chi connectivity index (χ4n) is 1.30. The van der Waals surface area contributed by atoms with Gasteiger partial charge in [0.15, 0.2) is 0 Å². The fourth-order valence-corrected chi connectivity index (χ4v) is 3.89. The zero-order valence-electron chi connectivity index (χ0n) is 7.47. The van der Waals surface area contributed by atoms with Crippen molar-refractivity contribution in [3.05, 3.63) is 38.0 Å². The monoisotopic (exact) mass is 170 g/mol. The molecule has 0 aliphatic heterocycles. The van der Waals surface area contributed by atoms with E-state index in [4.69, 9.17) is 0 Å². The summed E-state index contributed by atoms with van der Waals surface area (Å²) >= 11 is 0. The average molecular weight is 170 g/mol. The Morgan fingerprint density at radius 3 is 1.36 bits per heavy atom. The number of hydrogen-bond acceptors (Lipinski definition) is 0. The van der Waals surface area contributed by atoms with Gasteiger partial charge in [-0.3, -0.25) is 0 Å². The molecule has 0 spiro atoms. The maximum absolute atomic E-state index is 3.78. The topological polar surface area (TPSA) is 0 Å². The van der Waals surface area contributed by atoms with Crippen molar-refractivity contribution in [3.8, 4) is 0 Å². The summed E-state index contributed by atoms with van der Waals surface area (Å²) in [6.07, 6.45) is 9.60. The van der Waals surface area contributed by atoms with E-state index in [-0.39, 0.29) is 0 Å². The molecule has 0 N–H and O–H groups in total. The number of allylic oxidation sites excluding steroid dienone is 3. The molecule has 0 fully saturated rings. The molecule has 0 aromatic heterocycles. The standard InChI is InChI=1S/C10H19P/c1-5-8-11(4,9-6-2)10-7-3/h5-7,11H,1-3,8-10H2,4H3. The first-order chi connectivity index (χ1) is 5.18. The molecule has 0 aromatic rings. The van der Waals surface area contributed by atoms with E-state index in [1.165, 1.54) is 18.5 Å². The van der Waals surface area contributed by atoms with Crippen molar-refractivity contribution in [2.24, 2.45) is 0 Å². The van der Waals surface area contributed by atoms with Gasteiger partial charge >= 0.3 is 70.4 Å². The van der Waals surface area contributed by atoms with Crippen LogP contribution in [0.2, 0.25) is 0 Å². The third-order valence-corrected chi connectivity index (χ3v) is 5.73. The summed E-state index contributed by atoms with van der Waals surface area (Å²) in [6, 6.07) is 0. The van der Waals surface area contributed by atoms with Gasteiger partial charge in [0.05, 0.1) is 0 Å². The summed E-state index contributed by atoms with van der Waals surface area (Å²) in [5, 5.41) is 0. The Labute approximate surface area is 71.0 Å². The van der Waals surface area contributed by atoms with E-state index in [1.54, 1.807) is 0 Å². The van der Waals surface area contributed by atoms with E-state index in [0.29, 0.717) is 0 Å². The first-order valence-electron chi connectivity index (χ1n) is 4.01. The third kappa shape index (κ3) is 4.16. The predicted octanol–water partition coefficient (Wildman–Crippen LogP) is 2.92. The van der Waals surface area contributed by atoms with Gasteiger partial charge in [0.2, 0.25) is 0 Å². The van der Waals surface area contributed by atoms with Gasteiger partial charge in [-0.15, -0.1) is 0 Å². The minimum absolute atomic E-state index is 1.10. The molecule has 0 bridgehead atoms. The quantitative estimate of drug-likeness (QED) is 0.424. The first kappa shape index (κ1) is 10.7. The molecule has 0 unspecified atom stereocenters. The van der Waals surface area contributed by atoms with Gasteiger partial charge in [-0.25, -0.2) is 0 Å². The van der Waals surface area contributed by atoms with E-state index in [9.17, 15) is 0 Å². The molecule has 0 aliphatic rings. The maximum atomic E-state index is 3.78. The molecule has 11 heavy (non-hydrogen) atoms. The van der Waals surface area contributed by atoms with E-state index >= 15 is 0 Å². The summed E-state index contributed by atoms with van der Waals surface area (Å²) in [6.45, 7) is 13.7. The molecule has 0 saturated heterocycles. The Kier molecular flexibility index (Phi) is 5.15. The second kappa shape index (κ2) is 5.32. The fraction of sp³-hybridized carbons (Fsp3) is 0.400. The molecule has 0 aromatic carbocycles. The second-order valence-corrected chi connectivity index (χ2v) is 8.14. The molecule has 0 radical (unpaired) electrons. The van der Waals surface area contributed by atoms with E-state index < -0.39 is 7.26 Å².